The van der Waals surface area contributed by atoms with E-state index < -0.39 is 0 Å². The van der Waals surface area contributed by atoms with E-state index in [4.69, 9.17) is 21.1 Å². The first-order valence-electron chi connectivity index (χ1n) is 9.47. The van der Waals surface area contributed by atoms with Gasteiger partial charge in [-0.05, 0) is 83.6 Å². The number of benzene rings is 3. The summed E-state index contributed by atoms with van der Waals surface area (Å²) in [4.78, 5) is 12.2. The van der Waals surface area contributed by atoms with Crippen molar-refractivity contribution in [2.24, 2.45) is 0 Å². The molecule has 1 amide bonds. The number of carbonyl (C=O) groups excluding carboxylic acids is 1. The average molecular weight is 537 g/mol. The predicted octanol–water partition coefficient (Wildman–Crippen LogP) is 5.97. The monoisotopic (exact) mass is 536 g/mol. The molecule has 0 aliphatic carbocycles. The first-order valence-corrected chi connectivity index (χ1v) is 10.9. The van der Waals surface area contributed by atoms with Crippen molar-refractivity contribution >= 4 is 51.5 Å². The lowest BCUT2D eigenvalue weighted by Crippen LogP contribution is -2.20. The highest BCUT2D eigenvalue weighted by Crippen LogP contribution is 2.34. The summed E-state index contributed by atoms with van der Waals surface area (Å²) in [6.07, 6.45) is 0. The van der Waals surface area contributed by atoms with Gasteiger partial charge in [-0.3, -0.25) is 4.79 Å². The van der Waals surface area contributed by atoms with E-state index in [1.54, 1.807) is 0 Å². The number of amides is 1. The van der Waals surface area contributed by atoms with E-state index in [1.165, 1.54) is 0 Å². The van der Waals surface area contributed by atoms with Gasteiger partial charge in [-0.2, -0.15) is 0 Å². The van der Waals surface area contributed by atoms with Crippen LogP contribution in [0.5, 0.6) is 11.5 Å². The van der Waals surface area contributed by atoms with Crippen LogP contribution in [-0.2, 0) is 11.3 Å². The molecule has 7 heteroatoms. The van der Waals surface area contributed by atoms with Crippen LogP contribution in [0.4, 0.5) is 11.4 Å². The normalized spacial score (nSPS) is 10.4. The quantitative estimate of drug-likeness (QED) is 0.331. The summed E-state index contributed by atoms with van der Waals surface area (Å²) in [6, 6.07) is 20.8. The molecule has 30 heavy (non-hydrogen) atoms. The van der Waals surface area contributed by atoms with Gasteiger partial charge in [0.05, 0.1) is 10.2 Å². The van der Waals surface area contributed by atoms with Gasteiger partial charge in [0.2, 0.25) is 0 Å². The number of halogens is 2. The smallest absolute Gasteiger partial charge is 0.262 e. The second-order valence-corrected chi connectivity index (χ2v) is 8.00. The fourth-order valence-corrected chi connectivity index (χ4v) is 3.70. The van der Waals surface area contributed by atoms with Crippen LogP contribution >= 0.6 is 34.2 Å². The van der Waals surface area contributed by atoms with Crippen molar-refractivity contribution in [3.8, 4) is 11.5 Å². The number of para-hydroxylation sites is 1. The van der Waals surface area contributed by atoms with Gasteiger partial charge in [0.15, 0.2) is 18.1 Å². The third-order valence-corrected chi connectivity index (χ3v) is 5.17. The number of nitrogens with one attached hydrogen (secondary N) is 2. The Balaban J connectivity index is 1.66. The Labute approximate surface area is 194 Å². The van der Waals surface area contributed by atoms with Gasteiger partial charge >= 0.3 is 0 Å². The third kappa shape index (κ3) is 6.53. The van der Waals surface area contributed by atoms with Gasteiger partial charge in [-0.15, -0.1) is 0 Å². The molecule has 0 aliphatic heterocycles. The maximum Gasteiger partial charge on any atom is 0.262 e. The zero-order chi connectivity index (χ0) is 21.3. The Bertz CT molecular complexity index is 982. The van der Waals surface area contributed by atoms with Crippen molar-refractivity contribution in [2.45, 2.75) is 13.5 Å². The summed E-state index contributed by atoms with van der Waals surface area (Å²) in [5.41, 5.74) is 2.75. The fraction of sp³-hybridized carbons (Fsp3) is 0.174. The molecule has 3 aromatic rings. The highest BCUT2D eigenvalue weighted by atomic mass is 127. The number of ether oxygens (including phenoxy) is 2. The van der Waals surface area contributed by atoms with E-state index in [9.17, 15) is 4.79 Å². The molecule has 0 aromatic heterocycles. The lowest BCUT2D eigenvalue weighted by atomic mass is 10.2. The highest BCUT2D eigenvalue weighted by molar-refractivity contribution is 14.1. The van der Waals surface area contributed by atoms with Crippen LogP contribution < -0.4 is 20.1 Å². The summed E-state index contributed by atoms with van der Waals surface area (Å²) in [7, 11) is 0. The summed E-state index contributed by atoms with van der Waals surface area (Å²) in [6.45, 7) is 2.92. The summed E-state index contributed by atoms with van der Waals surface area (Å²) in [5, 5.41) is 6.87. The van der Waals surface area contributed by atoms with Crippen molar-refractivity contribution in [2.75, 3.05) is 23.8 Å². The molecule has 2 N–H and O–H groups in total. The summed E-state index contributed by atoms with van der Waals surface area (Å²) < 4.78 is 12.4. The van der Waals surface area contributed by atoms with Crippen LogP contribution in [0, 0.1) is 3.57 Å². The molecule has 3 aromatic carbocycles. The minimum atomic E-state index is -0.229. The van der Waals surface area contributed by atoms with Gasteiger partial charge < -0.3 is 20.1 Å². The number of anilines is 2. The first-order chi connectivity index (χ1) is 14.5. The molecular weight excluding hydrogens is 515 g/mol. The van der Waals surface area contributed by atoms with E-state index in [2.05, 4.69) is 33.2 Å². The van der Waals surface area contributed by atoms with Gasteiger partial charge in [-0.1, -0.05) is 29.8 Å². The Morgan fingerprint density at radius 2 is 1.73 bits per heavy atom. The number of hydrogen-bond acceptors (Lipinski definition) is 4. The van der Waals surface area contributed by atoms with Crippen LogP contribution in [-0.4, -0.2) is 19.1 Å². The second kappa shape index (κ2) is 11.1. The number of carbonyl (C=O) groups is 1. The maximum atomic E-state index is 12.2. The molecule has 0 bridgehead atoms. The molecule has 156 valence electrons. The lowest BCUT2D eigenvalue weighted by molar-refractivity contribution is -0.118. The van der Waals surface area contributed by atoms with Crippen molar-refractivity contribution in [3.05, 3.63) is 80.9 Å². The van der Waals surface area contributed by atoms with Crippen LogP contribution in [0.3, 0.4) is 0 Å². The Morgan fingerprint density at radius 3 is 2.43 bits per heavy atom. The molecule has 0 saturated carbocycles. The molecule has 0 atom stereocenters. The number of hydrogen-bond donors (Lipinski definition) is 2. The van der Waals surface area contributed by atoms with Crippen molar-refractivity contribution in [3.63, 3.8) is 0 Å². The first kappa shape index (κ1) is 22.2. The minimum Gasteiger partial charge on any atom is -0.490 e. The Kier molecular flexibility index (Phi) is 8.21. The largest absolute Gasteiger partial charge is 0.490 e. The van der Waals surface area contributed by atoms with Crippen LogP contribution in [0.25, 0.3) is 0 Å². The van der Waals surface area contributed by atoms with Crippen LogP contribution in [0.2, 0.25) is 5.02 Å². The van der Waals surface area contributed by atoms with Gasteiger partial charge in [-0.25, -0.2) is 0 Å². The fourth-order valence-electron chi connectivity index (χ4n) is 2.75. The summed E-state index contributed by atoms with van der Waals surface area (Å²) in [5.74, 6) is 0.952. The van der Waals surface area contributed by atoms with Crippen LogP contribution in [0.15, 0.2) is 66.7 Å². The molecule has 0 unspecified atom stereocenters. The highest BCUT2D eigenvalue weighted by Gasteiger charge is 2.14. The SMILES string of the molecule is CCOc1cc(CNc2ccc(Cl)cc2)cc(I)c1OCC(=O)Nc1ccccc1. The van der Waals surface area contributed by atoms with Crippen molar-refractivity contribution in [1.82, 2.24) is 0 Å². The van der Waals surface area contributed by atoms with Crippen molar-refractivity contribution in [1.29, 1.82) is 0 Å². The van der Waals surface area contributed by atoms with E-state index >= 15 is 0 Å². The van der Waals surface area contributed by atoms with E-state index in [0.717, 1.165) is 20.5 Å². The molecule has 0 heterocycles. The van der Waals surface area contributed by atoms with Crippen molar-refractivity contribution < 1.29 is 14.3 Å². The van der Waals surface area contributed by atoms with Gasteiger partial charge in [0, 0.05) is 22.9 Å². The van der Waals surface area contributed by atoms with Gasteiger partial charge in [0.25, 0.3) is 5.91 Å². The molecule has 0 fully saturated rings. The lowest BCUT2D eigenvalue weighted by Gasteiger charge is -2.16. The molecule has 0 radical (unpaired) electrons. The summed E-state index contributed by atoms with van der Waals surface area (Å²) >= 11 is 8.13. The molecule has 0 aliphatic rings. The van der Waals surface area contributed by atoms with E-state index in [-0.39, 0.29) is 12.5 Å². The predicted molar refractivity (Wildman–Crippen MR) is 130 cm³/mol. The average Bonchev–Trinajstić information content (AvgIpc) is 2.74. The number of rotatable bonds is 9. The molecule has 0 saturated heterocycles. The Hall–Kier alpha value is -2.45. The van der Waals surface area contributed by atoms with Crippen LogP contribution in [0.1, 0.15) is 12.5 Å². The standard InChI is InChI=1S/C23H22ClIN2O3/c1-2-29-21-13-16(14-26-18-10-8-17(24)9-11-18)12-20(25)23(21)30-15-22(28)27-19-6-4-3-5-7-19/h3-13,26H,2,14-15H2,1H3,(H,27,28). The van der Waals surface area contributed by atoms with Gasteiger partial charge in [0.1, 0.15) is 0 Å². The molecule has 0 spiro atoms. The van der Waals surface area contributed by atoms with E-state index in [0.29, 0.717) is 29.7 Å². The topological polar surface area (TPSA) is 59.6 Å². The third-order valence-electron chi connectivity index (χ3n) is 4.12. The maximum absolute atomic E-state index is 12.2. The molecule has 5 nitrogen and oxygen atoms in total. The zero-order valence-electron chi connectivity index (χ0n) is 16.5. The molecular formula is C23H22ClIN2O3. The van der Waals surface area contributed by atoms with E-state index in [1.807, 2.05) is 73.7 Å². The Morgan fingerprint density at radius 1 is 1.00 bits per heavy atom. The minimum absolute atomic E-state index is 0.104. The molecule has 3 rings (SSSR count). The zero-order valence-corrected chi connectivity index (χ0v) is 19.4. The second-order valence-electron chi connectivity index (χ2n) is 6.40.